The molecule has 0 saturated carbocycles. The summed E-state index contributed by atoms with van der Waals surface area (Å²) in [7, 11) is 5.89. The molecule has 0 unspecified atom stereocenters. The van der Waals surface area contributed by atoms with Gasteiger partial charge in [-0.3, -0.25) is 19.3 Å². The second-order valence-electron chi connectivity index (χ2n) is 10.4. The van der Waals surface area contributed by atoms with Crippen molar-refractivity contribution in [1.29, 1.82) is 0 Å². The minimum atomic E-state index is -1.25. The van der Waals surface area contributed by atoms with Gasteiger partial charge in [0.1, 0.15) is 23.3 Å². The number of para-hydroxylation sites is 1. The maximum Gasteiger partial charge on any atom is 0.248 e. The lowest BCUT2D eigenvalue weighted by Gasteiger charge is -2.35. The molecule has 226 valence electrons. The number of methoxy groups -OCH3 is 4. The van der Waals surface area contributed by atoms with E-state index in [4.69, 9.17) is 23.5 Å². The fourth-order valence-corrected chi connectivity index (χ4v) is 4.34. The van der Waals surface area contributed by atoms with Crippen LogP contribution in [0, 0.1) is 6.92 Å². The zero-order valence-corrected chi connectivity index (χ0v) is 25.2. The van der Waals surface area contributed by atoms with Crippen molar-refractivity contribution < 1.29 is 37.9 Å². The Balaban J connectivity index is 2.15. The molecule has 0 saturated heterocycles. The summed E-state index contributed by atoms with van der Waals surface area (Å²) in [4.78, 5) is 42.3. The molecule has 3 rings (SSSR count). The first-order valence-electron chi connectivity index (χ1n) is 13.2. The highest BCUT2D eigenvalue weighted by molar-refractivity contribution is 6.04. The summed E-state index contributed by atoms with van der Waals surface area (Å²) in [5.41, 5.74) is 0.0116. The number of nitrogens with zero attached hydrogens (tertiary/aromatic N) is 2. The molecule has 1 atom stereocenters. The van der Waals surface area contributed by atoms with E-state index < -0.39 is 29.3 Å². The molecule has 0 aliphatic rings. The minimum Gasteiger partial charge on any atom is -0.497 e. The molecule has 0 spiro atoms. The van der Waals surface area contributed by atoms with Crippen molar-refractivity contribution in [2.45, 2.75) is 52.1 Å². The van der Waals surface area contributed by atoms with Crippen LogP contribution in [0.3, 0.4) is 0 Å². The lowest BCUT2D eigenvalue weighted by Crippen LogP contribution is -2.49. The van der Waals surface area contributed by atoms with Crippen LogP contribution in [0.15, 0.2) is 47.0 Å². The van der Waals surface area contributed by atoms with E-state index in [0.717, 1.165) is 0 Å². The van der Waals surface area contributed by atoms with E-state index in [-0.39, 0.29) is 35.8 Å². The van der Waals surface area contributed by atoms with Gasteiger partial charge in [0.2, 0.25) is 17.7 Å². The molecule has 12 nitrogen and oxygen atoms in total. The number of anilines is 2. The van der Waals surface area contributed by atoms with E-state index in [9.17, 15) is 14.4 Å². The van der Waals surface area contributed by atoms with Gasteiger partial charge < -0.3 is 34.1 Å². The van der Waals surface area contributed by atoms with Gasteiger partial charge in [0.15, 0.2) is 17.3 Å². The van der Waals surface area contributed by atoms with Crippen molar-refractivity contribution in [3.05, 3.63) is 53.8 Å². The van der Waals surface area contributed by atoms with E-state index in [2.05, 4.69) is 15.8 Å². The molecule has 1 heterocycles. The van der Waals surface area contributed by atoms with Crippen LogP contribution in [0.2, 0.25) is 0 Å². The Bertz CT molecular complexity index is 1410. The zero-order chi connectivity index (χ0) is 31.0. The largest absolute Gasteiger partial charge is 0.497 e. The maximum atomic E-state index is 14.1. The Hall–Kier alpha value is -4.74. The second-order valence-corrected chi connectivity index (χ2v) is 10.4. The number of hydrogen-bond acceptors (Lipinski definition) is 9. The summed E-state index contributed by atoms with van der Waals surface area (Å²) in [6.07, 6.45) is -0.438. The number of nitrogens with one attached hydrogen (secondary N) is 2. The van der Waals surface area contributed by atoms with Crippen LogP contribution in [0.5, 0.6) is 23.0 Å². The lowest BCUT2D eigenvalue weighted by molar-refractivity contribution is -0.128. The van der Waals surface area contributed by atoms with Gasteiger partial charge in [-0.25, -0.2) is 0 Å². The first-order chi connectivity index (χ1) is 19.9. The standard InChI is InChI=1S/C30H38N4O8/c1-18-16-24(33-42-18)31-25(35)14-15-26(36)34(21-13-12-19(38-5)17-23(21)40-7)27(29(37)32-30(2,3)4)20-10-9-11-22(39-6)28(20)41-8/h9-13,16-17,27H,14-15H2,1-8H3,(H,32,37)(H,31,33,35)/t27-/m1/s1. The summed E-state index contributed by atoms with van der Waals surface area (Å²) < 4.78 is 27.1. The molecule has 1 aromatic heterocycles. The summed E-state index contributed by atoms with van der Waals surface area (Å²) in [5, 5.41) is 9.35. The Morgan fingerprint density at radius 2 is 1.64 bits per heavy atom. The quantitative estimate of drug-likeness (QED) is 0.317. The van der Waals surface area contributed by atoms with Crippen LogP contribution in [0.4, 0.5) is 11.5 Å². The molecule has 0 bridgehead atoms. The topological polar surface area (TPSA) is 141 Å². The molecule has 0 aliphatic heterocycles. The molecule has 12 heteroatoms. The van der Waals surface area contributed by atoms with E-state index in [1.54, 1.807) is 49.4 Å². The van der Waals surface area contributed by atoms with Crippen molar-refractivity contribution in [3.63, 3.8) is 0 Å². The number of amides is 3. The number of aryl methyl sites for hydroxylation is 1. The van der Waals surface area contributed by atoms with E-state index >= 15 is 0 Å². The summed E-state index contributed by atoms with van der Waals surface area (Å²) in [5.74, 6) is 0.722. The van der Waals surface area contributed by atoms with Crippen LogP contribution in [0.25, 0.3) is 0 Å². The maximum absolute atomic E-state index is 14.1. The number of benzene rings is 2. The highest BCUT2D eigenvalue weighted by Gasteiger charge is 2.38. The minimum absolute atomic E-state index is 0.192. The van der Waals surface area contributed by atoms with Crippen LogP contribution in [0.1, 0.15) is 51.0 Å². The number of aromatic nitrogens is 1. The van der Waals surface area contributed by atoms with Crippen molar-refractivity contribution in [2.24, 2.45) is 0 Å². The summed E-state index contributed by atoms with van der Waals surface area (Å²) in [6, 6.07) is 10.3. The van der Waals surface area contributed by atoms with Gasteiger partial charge in [0.05, 0.1) is 34.1 Å². The molecule has 42 heavy (non-hydrogen) atoms. The number of carbonyl (C=O) groups is 3. The van der Waals surface area contributed by atoms with Crippen LogP contribution >= 0.6 is 0 Å². The van der Waals surface area contributed by atoms with Crippen molar-refractivity contribution in [1.82, 2.24) is 10.5 Å². The number of ether oxygens (including phenoxy) is 4. The molecule has 3 aromatic rings. The average molecular weight is 583 g/mol. The molecule has 2 aromatic carbocycles. The fraction of sp³-hybridized carbons (Fsp3) is 0.400. The third-order valence-electron chi connectivity index (χ3n) is 6.11. The zero-order valence-electron chi connectivity index (χ0n) is 25.2. The van der Waals surface area contributed by atoms with Gasteiger partial charge in [-0.2, -0.15) is 0 Å². The molecular formula is C30H38N4O8. The lowest BCUT2D eigenvalue weighted by atomic mass is 9.98. The summed E-state index contributed by atoms with van der Waals surface area (Å²) in [6.45, 7) is 7.20. The monoisotopic (exact) mass is 582 g/mol. The highest BCUT2D eigenvalue weighted by Crippen LogP contribution is 2.42. The Morgan fingerprint density at radius 3 is 2.21 bits per heavy atom. The van der Waals surface area contributed by atoms with Crippen LogP contribution < -0.4 is 34.5 Å². The molecule has 2 N–H and O–H groups in total. The van der Waals surface area contributed by atoms with Crippen LogP contribution in [-0.2, 0) is 14.4 Å². The SMILES string of the molecule is COc1ccc(N(C(=O)CCC(=O)Nc2cc(C)on2)[C@@H](C(=O)NC(C)(C)C)c2cccc(OC)c2OC)c(OC)c1. The van der Waals surface area contributed by atoms with Gasteiger partial charge >= 0.3 is 0 Å². The van der Waals surface area contributed by atoms with Gasteiger partial charge in [0, 0.05) is 36.1 Å². The third kappa shape index (κ3) is 7.71. The van der Waals surface area contributed by atoms with Crippen molar-refractivity contribution >= 4 is 29.2 Å². The first-order valence-corrected chi connectivity index (χ1v) is 13.2. The Labute approximate surface area is 245 Å². The number of carbonyl (C=O) groups excluding carboxylic acids is 3. The molecule has 0 fully saturated rings. The Morgan fingerprint density at radius 1 is 0.929 bits per heavy atom. The van der Waals surface area contributed by atoms with E-state index in [0.29, 0.717) is 22.8 Å². The number of hydrogen-bond donors (Lipinski definition) is 2. The van der Waals surface area contributed by atoms with Gasteiger partial charge in [-0.1, -0.05) is 17.3 Å². The van der Waals surface area contributed by atoms with Gasteiger partial charge in [0.25, 0.3) is 0 Å². The van der Waals surface area contributed by atoms with E-state index in [1.165, 1.54) is 33.3 Å². The van der Waals surface area contributed by atoms with E-state index in [1.807, 2.05) is 20.8 Å². The third-order valence-corrected chi connectivity index (χ3v) is 6.11. The molecule has 3 amide bonds. The highest BCUT2D eigenvalue weighted by atomic mass is 16.5. The second kappa shape index (κ2) is 13.7. The number of rotatable bonds is 12. The fourth-order valence-electron chi connectivity index (χ4n) is 4.34. The first kappa shape index (κ1) is 31.8. The van der Waals surface area contributed by atoms with Crippen LogP contribution in [-0.4, -0.2) is 56.9 Å². The molecule has 0 radical (unpaired) electrons. The van der Waals surface area contributed by atoms with Gasteiger partial charge in [-0.15, -0.1) is 0 Å². The van der Waals surface area contributed by atoms with Crippen molar-refractivity contribution in [3.8, 4) is 23.0 Å². The molecular weight excluding hydrogens is 544 g/mol. The Kier molecular flexibility index (Phi) is 10.4. The predicted molar refractivity (Wildman–Crippen MR) is 156 cm³/mol. The predicted octanol–water partition coefficient (Wildman–Crippen LogP) is 4.43. The summed E-state index contributed by atoms with van der Waals surface area (Å²) >= 11 is 0. The van der Waals surface area contributed by atoms with Crippen molar-refractivity contribution in [2.75, 3.05) is 38.7 Å². The smallest absolute Gasteiger partial charge is 0.248 e. The molecule has 0 aliphatic carbocycles. The van der Waals surface area contributed by atoms with Gasteiger partial charge in [-0.05, 0) is 45.9 Å². The normalized spacial score (nSPS) is 11.7. The average Bonchev–Trinajstić information content (AvgIpc) is 3.36.